The molecular formula is C13H14BrN3O3. The van der Waals surface area contributed by atoms with Crippen LogP contribution in [-0.4, -0.2) is 35.3 Å². The highest BCUT2D eigenvalue weighted by Crippen LogP contribution is 2.25. The lowest BCUT2D eigenvalue weighted by Crippen LogP contribution is -2.27. The molecule has 6 nitrogen and oxygen atoms in total. The number of esters is 1. The zero-order chi connectivity index (χ0) is 14.7. The molecule has 7 heteroatoms. The number of ether oxygens (including phenoxy) is 1. The van der Waals surface area contributed by atoms with Gasteiger partial charge >= 0.3 is 5.97 Å². The van der Waals surface area contributed by atoms with Crippen LogP contribution < -0.4 is 5.32 Å². The van der Waals surface area contributed by atoms with Crippen molar-refractivity contribution in [2.75, 3.05) is 13.7 Å². The summed E-state index contributed by atoms with van der Waals surface area (Å²) in [5.41, 5.74) is 1.12. The van der Waals surface area contributed by atoms with Crippen molar-refractivity contribution in [3.8, 4) is 0 Å². The standard InChI is InChI=1S/C13H14BrN3O3/c1-3-15-12(18)7-17-11-5-8(14)4-9(13(19)20-2)10(11)6-16-17/h4-6H,3,7H2,1-2H3,(H,15,18). The van der Waals surface area contributed by atoms with Crippen LogP contribution in [-0.2, 0) is 16.1 Å². The maximum Gasteiger partial charge on any atom is 0.338 e. The third kappa shape index (κ3) is 2.82. The molecule has 0 spiro atoms. The fraction of sp³-hybridized carbons (Fsp3) is 0.308. The van der Waals surface area contributed by atoms with Gasteiger partial charge in [0, 0.05) is 16.4 Å². The zero-order valence-electron chi connectivity index (χ0n) is 11.1. The van der Waals surface area contributed by atoms with Gasteiger partial charge in [-0.2, -0.15) is 5.10 Å². The van der Waals surface area contributed by atoms with Crippen molar-refractivity contribution < 1.29 is 14.3 Å². The van der Waals surface area contributed by atoms with Crippen LogP contribution in [0.2, 0.25) is 0 Å². The van der Waals surface area contributed by atoms with Crippen LogP contribution in [0.5, 0.6) is 0 Å². The van der Waals surface area contributed by atoms with Gasteiger partial charge in [0.25, 0.3) is 0 Å². The van der Waals surface area contributed by atoms with Crippen LogP contribution in [0.1, 0.15) is 17.3 Å². The van der Waals surface area contributed by atoms with Crippen molar-refractivity contribution in [1.82, 2.24) is 15.1 Å². The van der Waals surface area contributed by atoms with E-state index in [4.69, 9.17) is 4.74 Å². The van der Waals surface area contributed by atoms with Gasteiger partial charge in [0.15, 0.2) is 0 Å². The van der Waals surface area contributed by atoms with Gasteiger partial charge in [-0.1, -0.05) is 15.9 Å². The predicted molar refractivity (Wildman–Crippen MR) is 77.5 cm³/mol. The highest BCUT2D eigenvalue weighted by molar-refractivity contribution is 9.10. The molecule has 0 fully saturated rings. The first-order valence-electron chi connectivity index (χ1n) is 6.07. The molecule has 0 unspecified atom stereocenters. The summed E-state index contributed by atoms with van der Waals surface area (Å²) in [6, 6.07) is 3.49. The van der Waals surface area contributed by atoms with E-state index in [1.54, 1.807) is 16.9 Å². The number of aromatic nitrogens is 2. The second kappa shape index (κ2) is 6.04. The first kappa shape index (κ1) is 14.5. The monoisotopic (exact) mass is 339 g/mol. The average Bonchev–Trinajstić information content (AvgIpc) is 2.80. The smallest absolute Gasteiger partial charge is 0.338 e. The number of benzene rings is 1. The number of methoxy groups -OCH3 is 1. The van der Waals surface area contributed by atoms with Crippen molar-refractivity contribution in [2.24, 2.45) is 0 Å². The second-order valence-corrected chi connectivity index (χ2v) is 5.05. The minimum absolute atomic E-state index is 0.106. The lowest BCUT2D eigenvalue weighted by Gasteiger charge is -2.06. The Morgan fingerprint density at radius 3 is 2.85 bits per heavy atom. The van der Waals surface area contributed by atoms with E-state index >= 15 is 0 Å². The van der Waals surface area contributed by atoms with Gasteiger partial charge in [0.1, 0.15) is 6.54 Å². The molecule has 0 saturated carbocycles. The minimum atomic E-state index is -0.436. The summed E-state index contributed by atoms with van der Waals surface area (Å²) < 4.78 is 7.03. The van der Waals surface area contributed by atoms with Crippen LogP contribution in [0.4, 0.5) is 0 Å². The Labute approximate surface area is 124 Å². The van der Waals surface area contributed by atoms with Crippen molar-refractivity contribution in [3.05, 3.63) is 28.4 Å². The Bertz CT molecular complexity index is 666. The number of hydrogen-bond acceptors (Lipinski definition) is 4. The number of nitrogens with one attached hydrogen (secondary N) is 1. The van der Waals surface area contributed by atoms with E-state index in [2.05, 4.69) is 26.3 Å². The van der Waals surface area contributed by atoms with Crippen molar-refractivity contribution >= 4 is 38.7 Å². The van der Waals surface area contributed by atoms with Gasteiger partial charge in [-0.3, -0.25) is 9.48 Å². The number of fused-ring (bicyclic) bond motifs is 1. The molecule has 106 valence electrons. The summed E-state index contributed by atoms with van der Waals surface area (Å²) in [5.74, 6) is -0.564. The number of nitrogens with zero attached hydrogens (tertiary/aromatic N) is 2. The van der Waals surface area contributed by atoms with Crippen LogP contribution in [0, 0.1) is 0 Å². The molecule has 0 radical (unpaired) electrons. The van der Waals surface area contributed by atoms with Gasteiger partial charge in [0.2, 0.25) is 5.91 Å². The van der Waals surface area contributed by atoms with Gasteiger partial charge < -0.3 is 10.1 Å². The molecule has 1 N–H and O–H groups in total. The number of amides is 1. The fourth-order valence-electron chi connectivity index (χ4n) is 1.94. The van der Waals surface area contributed by atoms with Gasteiger partial charge in [0.05, 0.1) is 24.4 Å². The fourth-order valence-corrected chi connectivity index (χ4v) is 2.38. The molecule has 2 aromatic rings. The Morgan fingerprint density at radius 2 is 2.20 bits per heavy atom. The van der Waals surface area contributed by atoms with E-state index in [-0.39, 0.29) is 12.5 Å². The molecule has 0 bridgehead atoms. The van der Waals surface area contributed by atoms with E-state index < -0.39 is 5.97 Å². The molecule has 20 heavy (non-hydrogen) atoms. The van der Waals surface area contributed by atoms with Crippen molar-refractivity contribution in [3.63, 3.8) is 0 Å². The number of carbonyl (C=O) groups excluding carboxylic acids is 2. The first-order chi connectivity index (χ1) is 9.56. The number of hydrogen-bond donors (Lipinski definition) is 1. The highest BCUT2D eigenvalue weighted by atomic mass is 79.9. The molecule has 0 aliphatic carbocycles. The molecule has 0 aliphatic heterocycles. The zero-order valence-corrected chi connectivity index (χ0v) is 12.7. The SMILES string of the molecule is CCNC(=O)Cn1ncc2c(C(=O)OC)cc(Br)cc21. The highest BCUT2D eigenvalue weighted by Gasteiger charge is 2.16. The van der Waals surface area contributed by atoms with Crippen LogP contribution >= 0.6 is 15.9 Å². The number of rotatable bonds is 4. The van der Waals surface area contributed by atoms with Crippen molar-refractivity contribution in [1.29, 1.82) is 0 Å². The molecule has 0 atom stereocenters. The number of carbonyl (C=O) groups is 2. The quantitative estimate of drug-likeness (QED) is 0.861. The van der Waals surface area contributed by atoms with Gasteiger partial charge in [-0.25, -0.2) is 4.79 Å². The topological polar surface area (TPSA) is 73.2 Å². The van der Waals surface area contributed by atoms with Crippen LogP contribution in [0.15, 0.2) is 22.8 Å². The number of halogens is 1. The first-order valence-corrected chi connectivity index (χ1v) is 6.86. The molecule has 1 aromatic carbocycles. The summed E-state index contributed by atoms with van der Waals surface area (Å²) in [5, 5.41) is 7.53. The van der Waals surface area contributed by atoms with E-state index in [0.29, 0.717) is 23.0 Å². The lowest BCUT2D eigenvalue weighted by atomic mass is 10.1. The lowest BCUT2D eigenvalue weighted by molar-refractivity contribution is -0.121. The normalized spacial score (nSPS) is 10.6. The molecule has 1 aromatic heterocycles. The summed E-state index contributed by atoms with van der Waals surface area (Å²) in [6.07, 6.45) is 1.56. The predicted octanol–water partition coefficient (Wildman–Crippen LogP) is 1.72. The molecule has 2 rings (SSSR count). The van der Waals surface area contributed by atoms with Crippen LogP contribution in [0.25, 0.3) is 10.9 Å². The number of likely N-dealkylation sites (N-methyl/N-ethyl adjacent to an activating group) is 1. The summed E-state index contributed by atoms with van der Waals surface area (Å²) in [7, 11) is 1.33. The van der Waals surface area contributed by atoms with Crippen molar-refractivity contribution in [2.45, 2.75) is 13.5 Å². The Balaban J connectivity index is 2.47. The maximum absolute atomic E-state index is 11.8. The van der Waals surface area contributed by atoms with Crippen LogP contribution in [0.3, 0.4) is 0 Å². The van der Waals surface area contributed by atoms with Gasteiger partial charge in [-0.05, 0) is 19.1 Å². The summed E-state index contributed by atoms with van der Waals surface area (Å²) >= 11 is 3.35. The minimum Gasteiger partial charge on any atom is -0.465 e. The molecule has 1 amide bonds. The molecule has 1 heterocycles. The summed E-state index contributed by atoms with van der Waals surface area (Å²) in [4.78, 5) is 23.4. The van der Waals surface area contributed by atoms with Gasteiger partial charge in [-0.15, -0.1) is 0 Å². The third-order valence-corrected chi connectivity index (χ3v) is 3.26. The molecule has 0 aliphatic rings. The maximum atomic E-state index is 11.8. The Kier molecular flexibility index (Phi) is 4.39. The van der Waals surface area contributed by atoms with E-state index in [1.165, 1.54) is 7.11 Å². The summed E-state index contributed by atoms with van der Waals surface area (Å²) in [6.45, 7) is 2.52. The van der Waals surface area contributed by atoms with E-state index in [1.807, 2.05) is 13.0 Å². The molecular weight excluding hydrogens is 326 g/mol. The second-order valence-electron chi connectivity index (χ2n) is 4.13. The molecule has 0 saturated heterocycles. The Hall–Kier alpha value is -1.89. The average molecular weight is 340 g/mol. The Morgan fingerprint density at radius 1 is 1.45 bits per heavy atom. The van der Waals surface area contributed by atoms with E-state index in [9.17, 15) is 9.59 Å². The third-order valence-electron chi connectivity index (χ3n) is 2.80. The van der Waals surface area contributed by atoms with E-state index in [0.717, 1.165) is 4.47 Å². The largest absolute Gasteiger partial charge is 0.465 e.